The van der Waals surface area contributed by atoms with Crippen LogP contribution in [0.1, 0.15) is 5.69 Å². The number of amides is 2. The first-order valence-electron chi connectivity index (χ1n) is 7.71. The Kier molecular flexibility index (Phi) is 6.34. The zero-order valence-electron chi connectivity index (χ0n) is 15.1. The van der Waals surface area contributed by atoms with Gasteiger partial charge in [0.05, 0.1) is 7.11 Å². The Balaban J connectivity index is 2.26. The van der Waals surface area contributed by atoms with Gasteiger partial charge in [0.1, 0.15) is 10.6 Å². The van der Waals surface area contributed by atoms with Crippen molar-refractivity contribution in [2.24, 2.45) is 0 Å². The molecule has 15 heteroatoms. The summed E-state index contributed by atoms with van der Waals surface area (Å²) in [6, 6.07) is 3.23. The van der Waals surface area contributed by atoms with E-state index in [2.05, 4.69) is 14.7 Å². The largest absolute Gasteiger partial charge is 0.499 e. The number of aromatic nitrogens is 2. The van der Waals surface area contributed by atoms with Gasteiger partial charge in [-0.3, -0.25) is 5.32 Å². The molecule has 9 nitrogen and oxygen atoms in total. The van der Waals surface area contributed by atoms with Gasteiger partial charge in [-0.1, -0.05) is 12.1 Å². The number of hydrogen-bond donors (Lipinski definition) is 2. The van der Waals surface area contributed by atoms with Crippen LogP contribution >= 0.6 is 0 Å². The van der Waals surface area contributed by atoms with Gasteiger partial charge >= 0.3 is 18.3 Å². The number of urea groups is 1. The lowest BCUT2D eigenvalue weighted by Crippen LogP contribution is -2.42. The minimum atomic E-state index is -6.10. The Morgan fingerprint density at radius 2 is 1.73 bits per heavy atom. The number of carbonyl (C=O) groups excluding carboxylic acids is 1. The second-order valence-electron chi connectivity index (χ2n) is 5.50. The summed E-state index contributed by atoms with van der Waals surface area (Å²) in [5, 5.41) is 1.97. The molecule has 0 fully saturated rings. The molecule has 0 saturated heterocycles. The van der Waals surface area contributed by atoms with E-state index in [-0.39, 0.29) is 11.8 Å². The molecule has 2 rings (SSSR count). The van der Waals surface area contributed by atoms with Crippen molar-refractivity contribution in [1.82, 2.24) is 14.7 Å². The summed E-state index contributed by atoms with van der Waals surface area (Å²) < 4.78 is 98.0. The van der Waals surface area contributed by atoms with Gasteiger partial charge < -0.3 is 9.47 Å². The highest BCUT2D eigenvalue weighted by Gasteiger charge is 2.61. The van der Waals surface area contributed by atoms with E-state index in [4.69, 9.17) is 4.74 Å². The normalized spacial score (nSPS) is 12.2. The molecule has 0 aliphatic carbocycles. The molecule has 0 atom stereocenters. The van der Waals surface area contributed by atoms with E-state index in [0.717, 1.165) is 12.1 Å². The first kappa shape index (κ1) is 23.1. The van der Waals surface area contributed by atoms with Gasteiger partial charge in [0.15, 0.2) is 0 Å². The molecule has 2 aromatic rings. The van der Waals surface area contributed by atoms with Gasteiger partial charge in [0.2, 0.25) is 11.8 Å². The molecule has 2 amide bonds. The quantitative estimate of drug-likeness (QED) is 0.642. The van der Waals surface area contributed by atoms with Gasteiger partial charge in [-0.25, -0.2) is 22.9 Å². The molecule has 1 aromatic carbocycles. The maximum Gasteiger partial charge on any atom is 0.499 e. The Morgan fingerprint density at radius 3 is 2.33 bits per heavy atom. The molecule has 0 saturated carbocycles. The Labute approximate surface area is 166 Å². The molecule has 0 aliphatic rings. The number of aryl methyl sites for hydroxylation is 1. The number of sulfonamides is 1. The fraction of sp³-hybridized carbons (Fsp3) is 0.267. The number of rotatable bonds is 6. The van der Waals surface area contributed by atoms with Crippen molar-refractivity contribution in [3.05, 3.63) is 36.0 Å². The molecule has 0 unspecified atom stereocenters. The van der Waals surface area contributed by atoms with E-state index < -0.39 is 39.0 Å². The number of para-hydroxylation sites is 1. The lowest BCUT2D eigenvalue weighted by molar-refractivity contribution is -0.361. The third-order valence-corrected chi connectivity index (χ3v) is 4.57. The number of nitrogens with one attached hydrogen (secondary N) is 2. The molecular formula is C15H13F5N4O5S. The summed E-state index contributed by atoms with van der Waals surface area (Å²) in [7, 11) is -3.65. The van der Waals surface area contributed by atoms with Crippen LogP contribution in [0.15, 0.2) is 35.2 Å². The van der Waals surface area contributed by atoms with Gasteiger partial charge in [-0.2, -0.15) is 26.9 Å². The van der Waals surface area contributed by atoms with Crippen molar-refractivity contribution in [2.45, 2.75) is 24.1 Å². The molecule has 164 valence electrons. The number of halogens is 5. The van der Waals surface area contributed by atoms with Crippen LogP contribution in [0.5, 0.6) is 11.6 Å². The number of benzene rings is 1. The first-order valence-corrected chi connectivity index (χ1v) is 9.19. The van der Waals surface area contributed by atoms with E-state index in [0.29, 0.717) is 17.8 Å². The number of ether oxygens (including phenoxy) is 2. The average molecular weight is 456 g/mol. The molecule has 1 heterocycles. The SMILES string of the molecule is COc1cc(C)nc(NC(=O)NS(=O)(=O)c2ccccc2OC(F)(F)C(F)(F)F)n1. The van der Waals surface area contributed by atoms with Crippen molar-refractivity contribution in [2.75, 3.05) is 12.4 Å². The molecule has 0 aliphatic heterocycles. The minimum absolute atomic E-state index is 0.0498. The maximum absolute atomic E-state index is 13.2. The molecular weight excluding hydrogens is 443 g/mol. The maximum atomic E-state index is 13.2. The van der Waals surface area contributed by atoms with E-state index in [1.54, 1.807) is 0 Å². The van der Waals surface area contributed by atoms with E-state index >= 15 is 0 Å². The third-order valence-electron chi connectivity index (χ3n) is 3.20. The smallest absolute Gasteiger partial charge is 0.481 e. The molecule has 0 radical (unpaired) electrons. The fourth-order valence-electron chi connectivity index (χ4n) is 1.96. The van der Waals surface area contributed by atoms with Crippen LogP contribution in [0.25, 0.3) is 0 Å². The van der Waals surface area contributed by atoms with Crippen LogP contribution in [0, 0.1) is 6.92 Å². The van der Waals surface area contributed by atoms with E-state index in [1.165, 1.54) is 24.8 Å². The van der Waals surface area contributed by atoms with Gasteiger partial charge in [0, 0.05) is 11.8 Å². The van der Waals surface area contributed by atoms with Crippen molar-refractivity contribution >= 4 is 22.0 Å². The monoisotopic (exact) mass is 456 g/mol. The van der Waals surface area contributed by atoms with Crippen LogP contribution in [-0.2, 0) is 10.0 Å². The number of anilines is 1. The number of hydrogen-bond acceptors (Lipinski definition) is 7. The first-order chi connectivity index (χ1) is 13.7. The van der Waals surface area contributed by atoms with Gasteiger partial charge in [-0.15, -0.1) is 0 Å². The number of carbonyl (C=O) groups is 1. The zero-order chi connectivity index (χ0) is 22.7. The second kappa shape index (κ2) is 8.25. The predicted molar refractivity (Wildman–Crippen MR) is 90.7 cm³/mol. The molecule has 0 spiro atoms. The molecule has 0 bridgehead atoms. The summed E-state index contributed by atoms with van der Waals surface area (Å²) in [6.07, 6.45) is -11.8. The van der Waals surface area contributed by atoms with Gasteiger partial charge in [0.25, 0.3) is 10.0 Å². The van der Waals surface area contributed by atoms with Crippen LogP contribution in [0.3, 0.4) is 0 Å². The number of nitrogens with zero attached hydrogens (tertiary/aromatic N) is 2. The summed E-state index contributed by atoms with van der Waals surface area (Å²) in [4.78, 5) is 18.4. The highest BCUT2D eigenvalue weighted by atomic mass is 32.2. The Bertz CT molecular complexity index is 1050. The molecule has 1 aromatic heterocycles. The van der Waals surface area contributed by atoms with Crippen LogP contribution in [0.2, 0.25) is 0 Å². The lowest BCUT2D eigenvalue weighted by Gasteiger charge is -2.21. The summed E-state index contributed by atoms with van der Waals surface area (Å²) in [5.41, 5.74) is 0.355. The van der Waals surface area contributed by atoms with Crippen molar-refractivity contribution in [3.8, 4) is 11.6 Å². The predicted octanol–water partition coefficient (Wildman–Crippen LogP) is 2.84. The molecule has 30 heavy (non-hydrogen) atoms. The highest BCUT2D eigenvalue weighted by Crippen LogP contribution is 2.39. The summed E-state index contributed by atoms with van der Waals surface area (Å²) in [6.45, 7) is 1.53. The second-order valence-corrected chi connectivity index (χ2v) is 7.15. The van der Waals surface area contributed by atoms with Crippen molar-refractivity contribution in [1.29, 1.82) is 0 Å². The number of alkyl halides is 5. The standard InChI is InChI=1S/C15H13F5N4O5S/c1-8-7-11(28-2)22-12(21-8)23-13(25)24-30(26,27)10-6-4-3-5-9(10)29-15(19,20)14(16,17)18/h3-7H,1-2H3,(H2,21,22,23,24,25). The van der Waals surface area contributed by atoms with Crippen molar-refractivity contribution in [3.63, 3.8) is 0 Å². The van der Waals surface area contributed by atoms with E-state index in [1.807, 2.05) is 5.32 Å². The summed E-state index contributed by atoms with van der Waals surface area (Å²) in [5.74, 6) is -1.63. The fourth-order valence-corrected chi connectivity index (χ4v) is 2.99. The van der Waals surface area contributed by atoms with Crippen LogP contribution < -0.4 is 19.5 Å². The van der Waals surface area contributed by atoms with Gasteiger partial charge in [-0.05, 0) is 19.1 Å². The Hall–Kier alpha value is -3.23. The minimum Gasteiger partial charge on any atom is -0.481 e. The van der Waals surface area contributed by atoms with Crippen LogP contribution in [-0.4, -0.2) is 43.8 Å². The van der Waals surface area contributed by atoms with Crippen molar-refractivity contribution < 1.29 is 44.6 Å². The third kappa shape index (κ3) is 5.43. The molecule has 2 N–H and O–H groups in total. The zero-order valence-corrected chi connectivity index (χ0v) is 15.9. The summed E-state index contributed by atoms with van der Waals surface area (Å²) >= 11 is 0. The number of methoxy groups -OCH3 is 1. The average Bonchev–Trinajstić information content (AvgIpc) is 2.59. The van der Waals surface area contributed by atoms with Crippen LogP contribution in [0.4, 0.5) is 32.7 Å². The highest BCUT2D eigenvalue weighted by molar-refractivity contribution is 7.90. The lowest BCUT2D eigenvalue weighted by atomic mass is 10.3. The Morgan fingerprint density at radius 1 is 1.10 bits per heavy atom. The van der Waals surface area contributed by atoms with E-state index in [9.17, 15) is 35.2 Å². The topological polar surface area (TPSA) is 120 Å².